The molecular weight excluding hydrogens is 458 g/mol. The van der Waals surface area contributed by atoms with Crippen molar-refractivity contribution in [2.45, 2.75) is 13.8 Å². The van der Waals surface area contributed by atoms with Crippen LogP contribution in [-0.4, -0.2) is 29.2 Å². The predicted octanol–water partition coefficient (Wildman–Crippen LogP) is 4.64. The first-order valence-corrected chi connectivity index (χ1v) is 11.4. The van der Waals surface area contributed by atoms with Gasteiger partial charge in [-0.1, -0.05) is 30.3 Å². The van der Waals surface area contributed by atoms with E-state index in [-0.39, 0.29) is 18.1 Å². The van der Waals surface area contributed by atoms with E-state index in [0.29, 0.717) is 17.1 Å². The molecule has 0 atom stereocenters. The van der Waals surface area contributed by atoms with Crippen molar-refractivity contribution in [3.05, 3.63) is 89.3 Å². The minimum atomic E-state index is -0.817. The molecule has 0 radical (unpaired) electrons. The van der Waals surface area contributed by atoms with Crippen LogP contribution in [0.5, 0.6) is 11.5 Å². The molecule has 3 aromatic carbocycles. The average Bonchev–Trinajstić information content (AvgIpc) is 3.44. The standard InChI is InChI=1S/C28H21N3O5/c1-16-11-20(17(2)30(16)21-8-7-18-5-3-4-6-19(18)12-21)13-23-26(32)29-28(34)31(27(23)33)22-9-10-24-25(14-22)36-15-35-24/h3-14H,15H2,1-2H3,(H,29,32,34)/b23-13+. The Hall–Kier alpha value is -4.85. The van der Waals surface area contributed by atoms with Crippen molar-refractivity contribution in [3.63, 3.8) is 0 Å². The second-order valence-electron chi connectivity index (χ2n) is 8.69. The molecule has 0 aliphatic carbocycles. The Morgan fingerprint density at radius 3 is 2.42 bits per heavy atom. The SMILES string of the molecule is Cc1cc(/C=C2\C(=O)NC(=O)N(c3ccc4c(c3)OCO4)C2=O)c(C)n1-c1ccc2ccccc2c1. The van der Waals surface area contributed by atoms with Gasteiger partial charge in [-0.05, 0) is 66.6 Å². The van der Waals surface area contributed by atoms with Gasteiger partial charge in [-0.3, -0.25) is 14.9 Å². The van der Waals surface area contributed by atoms with Crippen LogP contribution in [0.25, 0.3) is 22.5 Å². The topological polar surface area (TPSA) is 89.9 Å². The molecule has 8 nitrogen and oxygen atoms in total. The number of ether oxygens (including phenoxy) is 2. The molecular formula is C28H21N3O5. The Kier molecular flexibility index (Phi) is 4.89. The summed E-state index contributed by atoms with van der Waals surface area (Å²) in [6.07, 6.45) is 1.53. The van der Waals surface area contributed by atoms with Crippen molar-refractivity contribution < 1.29 is 23.9 Å². The number of fused-ring (bicyclic) bond motifs is 2. The Morgan fingerprint density at radius 2 is 1.58 bits per heavy atom. The van der Waals surface area contributed by atoms with Gasteiger partial charge in [0.15, 0.2) is 11.5 Å². The summed E-state index contributed by atoms with van der Waals surface area (Å²) < 4.78 is 12.7. The van der Waals surface area contributed by atoms with Crippen molar-refractivity contribution in [2.75, 3.05) is 11.7 Å². The van der Waals surface area contributed by atoms with Crippen molar-refractivity contribution >= 4 is 40.4 Å². The summed E-state index contributed by atoms with van der Waals surface area (Å²) in [6, 6.07) is 20.2. The van der Waals surface area contributed by atoms with Crippen LogP contribution in [0.15, 0.2) is 72.3 Å². The Bertz CT molecular complexity index is 1630. The molecule has 4 aromatic rings. The van der Waals surface area contributed by atoms with E-state index in [1.807, 2.05) is 38.1 Å². The summed E-state index contributed by atoms with van der Waals surface area (Å²) in [4.78, 5) is 39.6. The first-order chi connectivity index (χ1) is 17.4. The molecule has 3 heterocycles. The third kappa shape index (κ3) is 3.42. The molecule has 1 saturated heterocycles. The number of barbiturate groups is 1. The fourth-order valence-corrected chi connectivity index (χ4v) is 4.72. The molecule has 1 aromatic heterocycles. The van der Waals surface area contributed by atoms with Crippen LogP contribution < -0.4 is 19.7 Å². The quantitative estimate of drug-likeness (QED) is 0.342. The van der Waals surface area contributed by atoms with Gasteiger partial charge in [0.1, 0.15) is 5.57 Å². The van der Waals surface area contributed by atoms with Gasteiger partial charge in [0.05, 0.1) is 5.69 Å². The lowest BCUT2D eigenvalue weighted by Gasteiger charge is -2.26. The van der Waals surface area contributed by atoms with Crippen LogP contribution in [0.3, 0.4) is 0 Å². The summed E-state index contributed by atoms with van der Waals surface area (Å²) in [7, 11) is 0. The first-order valence-electron chi connectivity index (χ1n) is 11.4. The highest BCUT2D eigenvalue weighted by Gasteiger charge is 2.37. The van der Waals surface area contributed by atoms with Crippen molar-refractivity contribution in [1.29, 1.82) is 0 Å². The van der Waals surface area contributed by atoms with Gasteiger partial charge in [-0.15, -0.1) is 0 Å². The number of urea groups is 1. The number of nitrogens with zero attached hydrogens (tertiary/aromatic N) is 2. The monoisotopic (exact) mass is 479 g/mol. The third-order valence-corrected chi connectivity index (χ3v) is 6.48. The van der Waals surface area contributed by atoms with E-state index in [4.69, 9.17) is 9.47 Å². The molecule has 1 N–H and O–H groups in total. The molecule has 2 aliphatic heterocycles. The molecule has 178 valence electrons. The van der Waals surface area contributed by atoms with E-state index in [2.05, 4.69) is 34.1 Å². The van der Waals surface area contributed by atoms with E-state index in [9.17, 15) is 14.4 Å². The summed E-state index contributed by atoms with van der Waals surface area (Å²) in [5.41, 5.74) is 3.64. The zero-order chi connectivity index (χ0) is 25.0. The number of hydrogen-bond acceptors (Lipinski definition) is 5. The lowest BCUT2D eigenvalue weighted by atomic mass is 10.1. The molecule has 2 aliphatic rings. The van der Waals surface area contributed by atoms with E-state index >= 15 is 0 Å². The Morgan fingerprint density at radius 1 is 0.833 bits per heavy atom. The second kappa shape index (κ2) is 8.13. The van der Waals surface area contributed by atoms with Crippen LogP contribution in [-0.2, 0) is 9.59 Å². The van der Waals surface area contributed by atoms with Crippen LogP contribution >= 0.6 is 0 Å². The fraction of sp³-hybridized carbons (Fsp3) is 0.107. The lowest BCUT2D eigenvalue weighted by molar-refractivity contribution is -0.122. The zero-order valence-electron chi connectivity index (χ0n) is 19.6. The van der Waals surface area contributed by atoms with Crippen LogP contribution in [0.4, 0.5) is 10.5 Å². The second-order valence-corrected chi connectivity index (χ2v) is 8.69. The number of anilines is 1. The highest BCUT2D eigenvalue weighted by Crippen LogP contribution is 2.36. The number of amides is 4. The number of carbonyl (C=O) groups is 3. The van der Waals surface area contributed by atoms with E-state index < -0.39 is 17.8 Å². The minimum Gasteiger partial charge on any atom is -0.454 e. The number of benzene rings is 3. The Labute approximate surface area is 206 Å². The minimum absolute atomic E-state index is 0.0649. The van der Waals surface area contributed by atoms with Gasteiger partial charge in [-0.25, -0.2) is 9.69 Å². The number of aryl methyl sites for hydroxylation is 1. The highest BCUT2D eigenvalue weighted by molar-refractivity contribution is 6.39. The number of aromatic nitrogens is 1. The molecule has 0 spiro atoms. The molecule has 0 bridgehead atoms. The molecule has 4 amide bonds. The summed E-state index contributed by atoms with van der Waals surface area (Å²) in [6.45, 7) is 3.96. The van der Waals surface area contributed by atoms with E-state index in [0.717, 1.165) is 32.7 Å². The maximum Gasteiger partial charge on any atom is 0.335 e. The van der Waals surface area contributed by atoms with Crippen LogP contribution in [0, 0.1) is 13.8 Å². The van der Waals surface area contributed by atoms with Crippen molar-refractivity contribution in [1.82, 2.24) is 9.88 Å². The maximum atomic E-state index is 13.4. The molecule has 0 unspecified atom stereocenters. The fourth-order valence-electron chi connectivity index (χ4n) is 4.72. The summed E-state index contributed by atoms with van der Waals surface area (Å²) in [5, 5.41) is 4.52. The van der Waals surface area contributed by atoms with E-state index in [1.165, 1.54) is 6.08 Å². The summed E-state index contributed by atoms with van der Waals surface area (Å²) in [5.74, 6) is -0.498. The molecule has 6 rings (SSSR count). The molecule has 0 saturated carbocycles. The molecule has 36 heavy (non-hydrogen) atoms. The van der Waals surface area contributed by atoms with Crippen molar-refractivity contribution in [2.24, 2.45) is 0 Å². The third-order valence-electron chi connectivity index (χ3n) is 6.48. The number of carbonyl (C=O) groups excluding carboxylic acids is 3. The normalized spacial score (nSPS) is 16.2. The van der Waals surface area contributed by atoms with Crippen LogP contribution in [0.1, 0.15) is 17.0 Å². The average molecular weight is 479 g/mol. The zero-order valence-corrected chi connectivity index (χ0v) is 19.6. The number of hydrogen-bond donors (Lipinski definition) is 1. The van der Waals surface area contributed by atoms with Gasteiger partial charge in [0.2, 0.25) is 6.79 Å². The smallest absolute Gasteiger partial charge is 0.335 e. The molecule has 1 fully saturated rings. The van der Waals surface area contributed by atoms with Gasteiger partial charge in [0, 0.05) is 23.1 Å². The first kappa shape index (κ1) is 21.7. The van der Waals surface area contributed by atoms with Gasteiger partial charge in [0.25, 0.3) is 11.8 Å². The van der Waals surface area contributed by atoms with Gasteiger partial charge < -0.3 is 14.0 Å². The summed E-state index contributed by atoms with van der Waals surface area (Å²) >= 11 is 0. The number of nitrogens with one attached hydrogen (secondary N) is 1. The molecule has 8 heteroatoms. The highest BCUT2D eigenvalue weighted by atomic mass is 16.7. The van der Waals surface area contributed by atoms with Gasteiger partial charge >= 0.3 is 6.03 Å². The van der Waals surface area contributed by atoms with Crippen molar-refractivity contribution in [3.8, 4) is 17.2 Å². The number of imide groups is 2. The van der Waals surface area contributed by atoms with Gasteiger partial charge in [-0.2, -0.15) is 0 Å². The Balaban J connectivity index is 1.39. The lowest BCUT2D eigenvalue weighted by Crippen LogP contribution is -2.54. The van der Waals surface area contributed by atoms with Crippen LogP contribution in [0.2, 0.25) is 0 Å². The maximum absolute atomic E-state index is 13.4. The van der Waals surface area contributed by atoms with E-state index in [1.54, 1.807) is 18.2 Å². The largest absolute Gasteiger partial charge is 0.454 e. The number of rotatable bonds is 3. The predicted molar refractivity (Wildman–Crippen MR) is 134 cm³/mol.